The van der Waals surface area contributed by atoms with Crippen molar-refractivity contribution >= 4 is 29.3 Å². The molecule has 1 saturated carbocycles. The predicted octanol–water partition coefficient (Wildman–Crippen LogP) is 3.84. The second-order valence-electron chi connectivity index (χ2n) is 7.82. The summed E-state index contributed by atoms with van der Waals surface area (Å²) in [5.41, 5.74) is 6.78. The van der Waals surface area contributed by atoms with E-state index in [9.17, 15) is 19.2 Å². The predicted molar refractivity (Wildman–Crippen MR) is 127 cm³/mol. The van der Waals surface area contributed by atoms with Crippen molar-refractivity contribution in [2.24, 2.45) is 5.73 Å². The normalized spacial score (nSPS) is 14.1. The van der Waals surface area contributed by atoms with Crippen LogP contribution in [0.25, 0.3) is 11.1 Å². The first-order valence-electron chi connectivity index (χ1n) is 10.4. The van der Waals surface area contributed by atoms with Crippen molar-refractivity contribution in [2.75, 3.05) is 11.9 Å². The standard InChI is InChI=1S/C24H19FN6O3S/c1-2-21-30-20(12-35-21)31-23(33)29-19(11-34-22(27)32)18-6-3-14(10-28-18)16-5-4-15(25)9-17(16)24(13-26)7-8-24/h1,3-6,9-10,12,19H,7-8,11H2,(H2,27,32)(H2,29,31,33)/t19-/m0/s1. The summed E-state index contributed by atoms with van der Waals surface area (Å²) in [6.07, 6.45) is 7.17. The molecule has 176 valence electrons. The van der Waals surface area contributed by atoms with Crippen LogP contribution in [0.4, 0.5) is 19.8 Å². The Morgan fingerprint density at radius 3 is 2.74 bits per heavy atom. The van der Waals surface area contributed by atoms with Crippen LogP contribution in [0.3, 0.4) is 0 Å². The van der Waals surface area contributed by atoms with E-state index < -0.39 is 29.4 Å². The average Bonchev–Trinajstić information content (AvgIpc) is 3.53. The van der Waals surface area contributed by atoms with Gasteiger partial charge in [-0.05, 0) is 48.1 Å². The van der Waals surface area contributed by atoms with Crippen LogP contribution in [0.5, 0.6) is 0 Å². The highest BCUT2D eigenvalue weighted by atomic mass is 32.1. The summed E-state index contributed by atoms with van der Waals surface area (Å²) < 4.78 is 18.8. The molecule has 0 bridgehead atoms. The summed E-state index contributed by atoms with van der Waals surface area (Å²) in [6.45, 7) is -0.263. The SMILES string of the molecule is C#Cc1nc(NC(=O)N[C@@H](COC(N)=O)c2ccc(-c3ccc(F)cc3C3(C#N)CC3)cn2)cs1. The molecule has 3 aromatic rings. The number of anilines is 1. The van der Waals surface area contributed by atoms with Crippen LogP contribution in [-0.2, 0) is 10.2 Å². The Morgan fingerprint density at radius 1 is 1.34 bits per heavy atom. The number of primary amides is 1. The van der Waals surface area contributed by atoms with Gasteiger partial charge >= 0.3 is 12.1 Å². The molecule has 4 N–H and O–H groups in total. The van der Waals surface area contributed by atoms with Gasteiger partial charge in [0.15, 0.2) is 5.01 Å². The minimum atomic E-state index is -1.01. The van der Waals surface area contributed by atoms with Gasteiger partial charge < -0.3 is 15.8 Å². The number of benzene rings is 1. The lowest BCUT2D eigenvalue weighted by molar-refractivity contribution is 0.143. The highest BCUT2D eigenvalue weighted by molar-refractivity contribution is 7.10. The Kier molecular flexibility index (Phi) is 6.62. The van der Waals surface area contributed by atoms with Crippen molar-refractivity contribution in [2.45, 2.75) is 24.3 Å². The van der Waals surface area contributed by atoms with Gasteiger partial charge in [-0.25, -0.2) is 19.0 Å². The van der Waals surface area contributed by atoms with Gasteiger partial charge in [-0.1, -0.05) is 12.1 Å². The van der Waals surface area contributed by atoms with Gasteiger partial charge in [-0.2, -0.15) is 5.26 Å². The molecule has 1 aliphatic carbocycles. The number of terminal acetylenes is 1. The average molecular weight is 491 g/mol. The topological polar surface area (TPSA) is 143 Å². The maximum absolute atomic E-state index is 13.9. The molecule has 0 unspecified atom stereocenters. The molecule has 2 aromatic heterocycles. The number of urea groups is 1. The van der Waals surface area contributed by atoms with Crippen LogP contribution < -0.4 is 16.4 Å². The second-order valence-corrected chi connectivity index (χ2v) is 8.68. The first-order valence-corrected chi connectivity index (χ1v) is 11.3. The number of nitrogens with zero attached hydrogens (tertiary/aromatic N) is 3. The van der Waals surface area contributed by atoms with E-state index in [0.29, 0.717) is 40.2 Å². The zero-order chi connectivity index (χ0) is 25.0. The zero-order valence-electron chi connectivity index (χ0n) is 18.2. The number of amides is 3. The Balaban J connectivity index is 1.56. The van der Waals surface area contributed by atoms with Crippen molar-refractivity contribution < 1.29 is 18.7 Å². The van der Waals surface area contributed by atoms with Gasteiger partial charge in [0.2, 0.25) is 0 Å². The monoisotopic (exact) mass is 490 g/mol. The number of nitrogens with one attached hydrogen (secondary N) is 2. The van der Waals surface area contributed by atoms with Gasteiger partial charge in [0, 0.05) is 17.1 Å². The number of pyridine rings is 1. The number of nitriles is 1. The van der Waals surface area contributed by atoms with E-state index >= 15 is 0 Å². The Labute approximate surface area is 204 Å². The maximum Gasteiger partial charge on any atom is 0.404 e. The van der Waals surface area contributed by atoms with Crippen molar-refractivity contribution in [3.63, 3.8) is 0 Å². The molecule has 1 fully saturated rings. The van der Waals surface area contributed by atoms with E-state index in [1.54, 1.807) is 29.8 Å². The number of hydrogen-bond donors (Lipinski definition) is 3. The number of carbonyl (C=O) groups excluding carboxylic acids is 2. The van der Waals surface area contributed by atoms with E-state index in [-0.39, 0.29) is 12.4 Å². The molecule has 4 rings (SSSR count). The largest absolute Gasteiger partial charge is 0.447 e. The number of ether oxygens (including phenoxy) is 1. The van der Waals surface area contributed by atoms with Crippen LogP contribution >= 0.6 is 11.3 Å². The third-order valence-corrected chi connectivity index (χ3v) is 6.26. The zero-order valence-corrected chi connectivity index (χ0v) is 19.1. The van der Waals surface area contributed by atoms with E-state index in [0.717, 1.165) is 0 Å². The van der Waals surface area contributed by atoms with Crippen LogP contribution in [0.2, 0.25) is 0 Å². The van der Waals surface area contributed by atoms with E-state index in [4.69, 9.17) is 16.9 Å². The van der Waals surface area contributed by atoms with Crippen molar-refractivity contribution in [1.82, 2.24) is 15.3 Å². The molecule has 0 saturated heterocycles. The summed E-state index contributed by atoms with van der Waals surface area (Å²) in [5, 5.41) is 16.8. The Morgan fingerprint density at radius 2 is 2.14 bits per heavy atom. The molecule has 9 nitrogen and oxygen atoms in total. The second kappa shape index (κ2) is 9.79. The van der Waals surface area contributed by atoms with Crippen molar-refractivity contribution in [3.8, 4) is 29.5 Å². The molecule has 2 heterocycles. The molecule has 3 amide bonds. The number of aromatic nitrogens is 2. The fourth-order valence-electron chi connectivity index (χ4n) is 3.58. The van der Waals surface area contributed by atoms with Gasteiger partial charge in [-0.15, -0.1) is 17.8 Å². The van der Waals surface area contributed by atoms with E-state index in [2.05, 4.69) is 32.6 Å². The molecule has 0 radical (unpaired) electrons. The summed E-state index contributed by atoms with van der Waals surface area (Å²) in [5.74, 6) is 2.24. The lowest BCUT2D eigenvalue weighted by Gasteiger charge is -2.19. The number of hydrogen-bond acceptors (Lipinski definition) is 7. The molecule has 1 aromatic carbocycles. The molecule has 35 heavy (non-hydrogen) atoms. The third-order valence-electron chi connectivity index (χ3n) is 5.48. The number of halogens is 1. The summed E-state index contributed by atoms with van der Waals surface area (Å²) in [4.78, 5) is 32.1. The molecule has 1 atom stereocenters. The number of nitrogens with two attached hydrogens (primary N) is 1. The summed E-state index contributed by atoms with van der Waals surface area (Å²) in [7, 11) is 0. The minimum Gasteiger partial charge on any atom is -0.447 e. The van der Waals surface area contributed by atoms with Gasteiger partial charge in [0.25, 0.3) is 0 Å². The van der Waals surface area contributed by atoms with E-state index in [1.807, 2.05) is 0 Å². The molecule has 0 spiro atoms. The van der Waals surface area contributed by atoms with E-state index in [1.165, 1.54) is 23.5 Å². The van der Waals surface area contributed by atoms with Crippen molar-refractivity contribution in [1.29, 1.82) is 5.26 Å². The highest BCUT2D eigenvalue weighted by Gasteiger charge is 2.46. The summed E-state index contributed by atoms with van der Waals surface area (Å²) in [6, 6.07) is 8.57. The van der Waals surface area contributed by atoms with Crippen LogP contribution in [-0.4, -0.2) is 28.7 Å². The lowest BCUT2D eigenvalue weighted by atomic mass is 9.89. The quantitative estimate of drug-likeness (QED) is 0.430. The first kappa shape index (κ1) is 23.7. The van der Waals surface area contributed by atoms with Crippen LogP contribution in [0.1, 0.15) is 35.1 Å². The minimum absolute atomic E-state index is 0.263. The fraction of sp³-hybridized carbons (Fsp3) is 0.208. The fourth-order valence-corrected chi connectivity index (χ4v) is 4.13. The smallest absolute Gasteiger partial charge is 0.404 e. The lowest BCUT2D eigenvalue weighted by Crippen LogP contribution is -2.36. The highest BCUT2D eigenvalue weighted by Crippen LogP contribution is 2.50. The number of rotatable bonds is 7. The molecule has 0 aliphatic heterocycles. The molecule has 1 aliphatic rings. The van der Waals surface area contributed by atoms with Gasteiger partial charge in [0.1, 0.15) is 24.3 Å². The van der Waals surface area contributed by atoms with Gasteiger partial charge in [0.05, 0.1) is 17.2 Å². The summed E-state index contributed by atoms with van der Waals surface area (Å²) >= 11 is 1.20. The van der Waals surface area contributed by atoms with Crippen LogP contribution in [0.15, 0.2) is 41.9 Å². The number of carbonyl (C=O) groups is 2. The number of thiazole rings is 1. The van der Waals surface area contributed by atoms with Crippen molar-refractivity contribution in [3.05, 3.63) is 64.0 Å². The Bertz CT molecular complexity index is 1350. The molecule has 11 heteroatoms. The third kappa shape index (κ3) is 5.37. The maximum atomic E-state index is 13.9. The van der Waals surface area contributed by atoms with Crippen LogP contribution in [0, 0.1) is 29.5 Å². The molecular formula is C24H19FN6O3S. The van der Waals surface area contributed by atoms with Gasteiger partial charge in [-0.3, -0.25) is 10.3 Å². The molecular weight excluding hydrogens is 471 g/mol. The Hall–Kier alpha value is -4.48. The first-order chi connectivity index (χ1) is 16.8.